The molecule has 0 fully saturated rings. The molecule has 0 bridgehead atoms. The Morgan fingerprint density at radius 2 is 2.05 bits per heavy atom. The molecule has 0 unspecified atom stereocenters. The quantitative estimate of drug-likeness (QED) is 0.648. The van der Waals surface area contributed by atoms with Crippen LogP contribution >= 0.6 is 0 Å². The Balaban J connectivity index is 2.10. The van der Waals surface area contributed by atoms with E-state index in [0.29, 0.717) is 0 Å². The van der Waals surface area contributed by atoms with Crippen LogP contribution in [0.4, 0.5) is 5.69 Å². The number of unbranched alkanes of at least 4 members (excludes halogenated alkanes) is 1. The first kappa shape index (κ1) is 14.5. The highest BCUT2D eigenvalue weighted by Crippen LogP contribution is 2.24. The lowest BCUT2D eigenvalue weighted by Crippen LogP contribution is -2.05. The van der Waals surface area contributed by atoms with Crippen LogP contribution in [0.3, 0.4) is 0 Å². The van der Waals surface area contributed by atoms with E-state index >= 15 is 0 Å². The third-order valence-electron chi connectivity index (χ3n) is 3.55. The van der Waals surface area contributed by atoms with Crippen molar-refractivity contribution in [2.45, 2.75) is 46.6 Å². The van der Waals surface area contributed by atoms with Crippen molar-refractivity contribution in [3.63, 3.8) is 0 Å². The number of hydrogen-bond acceptors (Lipinski definition) is 4. The van der Waals surface area contributed by atoms with E-state index in [0.717, 1.165) is 41.5 Å². The molecular weight excluding hydrogens is 250 g/mol. The Morgan fingerprint density at radius 1 is 1.25 bits per heavy atom. The molecule has 1 aromatic heterocycles. The van der Waals surface area contributed by atoms with Crippen molar-refractivity contribution in [3.8, 4) is 11.4 Å². The number of nitrogens with zero attached hydrogens (tertiary/aromatic N) is 4. The number of aryl methyl sites for hydroxylation is 1. The number of tetrazole rings is 1. The second-order valence-electron chi connectivity index (χ2n) is 5.64. The van der Waals surface area contributed by atoms with Crippen molar-refractivity contribution >= 4 is 5.69 Å². The van der Waals surface area contributed by atoms with E-state index in [2.05, 4.69) is 29.4 Å². The Bertz CT molecular complexity index is 559. The molecule has 1 heterocycles. The fourth-order valence-electron chi connectivity index (χ4n) is 2.26. The van der Waals surface area contributed by atoms with E-state index in [-0.39, 0.29) is 0 Å². The molecule has 20 heavy (non-hydrogen) atoms. The topological polar surface area (TPSA) is 69.6 Å². The Labute approximate surface area is 120 Å². The fraction of sp³-hybridized carbons (Fsp3) is 0.533. The summed E-state index contributed by atoms with van der Waals surface area (Å²) >= 11 is 0. The van der Waals surface area contributed by atoms with Crippen LogP contribution in [0.15, 0.2) is 18.2 Å². The largest absolute Gasteiger partial charge is 0.398 e. The molecule has 0 saturated carbocycles. The highest BCUT2D eigenvalue weighted by Gasteiger charge is 2.12. The molecule has 0 aliphatic heterocycles. The average molecular weight is 273 g/mol. The molecule has 108 valence electrons. The van der Waals surface area contributed by atoms with Crippen LogP contribution < -0.4 is 5.73 Å². The minimum Gasteiger partial charge on any atom is -0.398 e. The normalized spacial score (nSPS) is 11.2. The van der Waals surface area contributed by atoms with Crippen molar-refractivity contribution < 1.29 is 0 Å². The van der Waals surface area contributed by atoms with Crippen LogP contribution in [0, 0.1) is 12.8 Å². The summed E-state index contributed by atoms with van der Waals surface area (Å²) in [6.07, 6.45) is 3.54. The van der Waals surface area contributed by atoms with E-state index in [1.165, 1.54) is 12.8 Å². The summed E-state index contributed by atoms with van der Waals surface area (Å²) in [4.78, 5) is 0. The molecule has 2 N–H and O–H groups in total. The summed E-state index contributed by atoms with van der Waals surface area (Å²) in [5.74, 6) is 1.55. The summed E-state index contributed by atoms with van der Waals surface area (Å²) < 4.78 is 1.88. The Hall–Kier alpha value is -1.91. The van der Waals surface area contributed by atoms with Crippen LogP contribution in [0.25, 0.3) is 11.4 Å². The molecule has 0 radical (unpaired) electrons. The zero-order valence-corrected chi connectivity index (χ0v) is 12.5. The number of nitrogen functional groups attached to an aromatic ring is 1. The maximum atomic E-state index is 5.95. The van der Waals surface area contributed by atoms with Gasteiger partial charge in [0, 0.05) is 17.8 Å². The SMILES string of the molecule is Cc1c(N)cccc1-c1nnnn1CCCCC(C)C. The van der Waals surface area contributed by atoms with Crippen LogP contribution in [0.1, 0.15) is 38.7 Å². The smallest absolute Gasteiger partial charge is 0.182 e. The van der Waals surface area contributed by atoms with E-state index < -0.39 is 0 Å². The van der Waals surface area contributed by atoms with Gasteiger partial charge < -0.3 is 5.73 Å². The first-order valence-electron chi connectivity index (χ1n) is 7.21. The van der Waals surface area contributed by atoms with Gasteiger partial charge in [0.25, 0.3) is 0 Å². The second kappa shape index (κ2) is 6.50. The summed E-state index contributed by atoms with van der Waals surface area (Å²) in [6.45, 7) is 7.35. The van der Waals surface area contributed by atoms with E-state index in [1.807, 2.05) is 29.8 Å². The van der Waals surface area contributed by atoms with Gasteiger partial charge in [0.15, 0.2) is 5.82 Å². The van der Waals surface area contributed by atoms with Gasteiger partial charge in [-0.05, 0) is 41.3 Å². The Kier molecular flexibility index (Phi) is 4.71. The molecule has 1 aromatic carbocycles. The van der Waals surface area contributed by atoms with Gasteiger partial charge >= 0.3 is 0 Å². The lowest BCUT2D eigenvalue weighted by atomic mass is 10.1. The molecule has 0 aliphatic rings. The van der Waals surface area contributed by atoms with Crippen LogP contribution in [0.5, 0.6) is 0 Å². The van der Waals surface area contributed by atoms with Crippen molar-refractivity contribution in [2.24, 2.45) is 5.92 Å². The van der Waals surface area contributed by atoms with E-state index in [1.54, 1.807) is 0 Å². The number of nitrogens with two attached hydrogens (primary N) is 1. The van der Waals surface area contributed by atoms with E-state index in [9.17, 15) is 0 Å². The molecule has 2 rings (SSSR count). The first-order chi connectivity index (χ1) is 9.59. The first-order valence-corrected chi connectivity index (χ1v) is 7.21. The lowest BCUT2D eigenvalue weighted by Gasteiger charge is -2.09. The van der Waals surface area contributed by atoms with Crippen molar-refractivity contribution in [1.29, 1.82) is 0 Å². The third-order valence-corrected chi connectivity index (χ3v) is 3.55. The summed E-state index contributed by atoms with van der Waals surface area (Å²) in [6, 6.07) is 5.85. The van der Waals surface area contributed by atoms with Crippen LogP contribution in [-0.4, -0.2) is 20.2 Å². The summed E-state index contributed by atoms with van der Waals surface area (Å²) in [5, 5.41) is 12.0. The maximum Gasteiger partial charge on any atom is 0.182 e. The zero-order chi connectivity index (χ0) is 14.5. The third kappa shape index (κ3) is 3.35. The number of aromatic nitrogens is 4. The molecule has 0 amide bonds. The van der Waals surface area contributed by atoms with Gasteiger partial charge in [0.05, 0.1) is 0 Å². The minimum atomic E-state index is 0.750. The Morgan fingerprint density at radius 3 is 2.80 bits per heavy atom. The maximum absolute atomic E-state index is 5.95. The van der Waals surface area contributed by atoms with Crippen LogP contribution in [0.2, 0.25) is 0 Å². The van der Waals surface area contributed by atoms with Gasteiger partial charge in [-0.25, -0.2) is 4.68 Å². The van der Waals surface area contributed by atoms with Crippen LogP contribution in [-0.2, 0) is 6.54 Å². The van der Waals surface area contributed by atoms with Crippen molar-refractivity contribution in [3.05, 3.63) is 23.8 Å². The molecule has 2 aromatic rings. The molecular formula is C15H23N5. The standard InChI is InChI=1S/C15H23N5/c1-11(2)7-4-5-10-20-15(17-18-19-20)13-8-6-9-14(16)12(13)3/h6,8-9,11H,4-5,7,10,16H2,1-3H3. The van der Waals surface area contributed by atoms with E-state index in [4.69, 9.17) is 5.73 Å². The predicted molar refractivity (Wildman–Crippen MR) is 81.1 cm³/mol. The van der Waals surface area contributed by atoms with Gasteiger partial charge in [-0.2, -0.15) is 0 Å². The lowest BCUT2D eigenvalue weighted by molar-refractivity contribution is 0.487. The highest BCUT2D eigenvalue weighted by molar-refractivity contribution is 5.67. The zero-order valence-electron chi connectivity index (χ0n) is 12.5. The van der Waals surface area contributed by atoms with Crippen molar-refractivity contribution in [2.75, 3.05) is 5.73 Å². The number of anilines is 1. The number of hydrogen-bond donors (Lipinski definition) is 1. The van der Waals surface area contributed by atoms with Gasteiger partial charge in [-0.3, -0.25) is 0 Å². The molecule has 0 spiro atoms. The monoisotopic (exact) mass is 273 g/mol. The molecule has 5 heteroatoms. The van der Waals surface area contributed by atoms with Gasteiger partial charge in [-0.1, -0.05) is 38.8 Å². The number of benzene rings is 1. The van der Waals surface area contributed by atoms with Gasteiger partial charge in [-0.15, -0.1) is 5.10 Å². The molecule has 0 saturated heterocycles. The predicted octanol–water partition coefficient (Wildman–Crippen LogP) is 3.06. The van der Waals surface area contributed by atoms with Gasteiger partial charge in [0.1, 0.15) is 0 Å². The highest BCUT2D eigenvalue weighted by atomic mass is 15.5. The fourth-order valence-corrected chi connectivity index (χ4v) is 2.26. The average Bonchev–Trinajstić information content (AvgIpc) is 2.86. The second-order valence-corrected chi connectivity index (χ2v) is 5.64. The number of rotatable bonds is 6. The summed E-state index contributed by atoms with van der Waals surface area (Å²) in [7, 11) is 0. The molecule has 5 nitrogen and oxygen atoms in total. The van der Waals surface area contributed by atoms with Gasteiger partial charge in [0.2, 0.25) is 0 Å². The molecule has 0 aliphatic carbocycles. The summed E-state index contributed by atoms with van der Waals surface area (Å²) in [5.41, 5.74) is 8.77. The molecule has 0 atom stereocenters. The minimum absolute atomic E-state index is 0.750. The van der Waals surface area contributed by atoms with Crippen molar-refractivity contribution in [1.82, 2.24) is 20.2 Å².